The number of aromatic nitrogens is 3. The molecule has 150 valence electrons. The van der Waals surface area contributed by atoms with Crippen LogP contribution in [-0.4, -0.2) is 37.2 Å². The van der Waals surface area contributed by atoms with Crippen molar-refractivity contribution in [1.82, 2.24) is 20.2 Å². The molecule has 1 amide bonds. The minimum Gasteiger partial charge on any atom is -0.508 e. The Morgan fingerprint density at radius 1 is 1.24 bits per heavy atom. The SMILES string of the molecule is CCn1c(SCC(=O)N/N=C(/C)c2cccc(O)c2)nnc1-c1ccc(Cl)cc1. The highest BCUT2D eigenvalue weighted by atomic mass is 35.5. The number of nitrogens with zero attached hydrogens (tertiary/aromatic N) is 4. The molecule has 0 aliphatic rings. The number of halogens is 1. The molecule has 7 nitrogen and oxygen atoms in total. The molecule has 0 aliphatic carbocycles. The Hall–Kier alpha value is -2.84. The lowest BCUT2D eigenvalue weighted by atomic mass is 10.1. The number of phenolic OH excluding ortho intramolecular Hbond substituents is 1. The van der Waals surface area contributed by atoms with E-state index in [1.165, 1.54) is 11.8 Å². The average molecular weight is 430 g/mol. The zero-order valence-electron chi connectivity index (χ0n) is 16.0. The van der Waals surface area contributed by atoms with Crippen LogP contribution in [0.2, 0.25) is 5.02 Å². The van der Waals surface area contributed by atoms with Crippen molar-refractivity contribution in [3.8, 4) is 17.1 Å². The van der Waals surface area contributed by atoms with Gasteiger partial charge in [0.05, 0.1) is 11.5 Å². The number of hydrogen-bond acceptors (Lipinski definition) is 6. The van der Waals surface area contributed by atoms with Gasteiger partial charge in [-0.3, -0.25) is 4.79 Å². The van der Waals surface area contributed by atoms with E-state index in [2.05, 4.69) is 20.7 Å². The molecule has 29 heavy (non-hydrogen) atoms. The van der Waals surface area contributed by atoms with Crippen LogP contribution in [0.1, 0.15) is 19.4 Å². The van der Waals surface area contributed by atoms with Gasteiger partial charge in [-0.2, -0.15) is 5.10 Å². The van der Waals surface area contributed by atoms with Crippen molar-refractivity contribution >= 4 is 35.0 Å². The van der Waals surface area contributed by atoms with Gasteiger partial charge in [0.15, 0.2) is 11.0 Å². The largest absolute Gasteiger partial charge is 0.508 e. The molecule has 0 unspecified atom stereocenters. The standard InChI is InChI=1S/C20H20ClN5O2S/c1-3-26-19(14-7-9-16(21)10-8-14)24-25-20(26)29-12-18(28)23-22-13(2)15-5-4-6-17(27)11-15/h4-11,27H,3,12H2,1-2H3,(H,23,28)/b22-13-. The zero-order valence-corrected chi connectivity index (χ0v) is 17.5. The van der Waals surface area contributed by atoms with Crippen molar-refractivity contribution < 1.29 is 9.90 Å². The quantitative estimate of drug-likeness (QED) is 0.337. The van der Waals surface area contributed by atoms with Crippen LogP contribution in [0.5, 0.6) is 5.75 Å². The first-order chi connectivity index (χ1) is 14.0. The van der Waals surface area contributed by atoms with E-state index in [0.717, 1.165) is 17.0 Å². The van der Waals surface area contributed by atoms with Crippen LogP contribution in [0, 0.1) is 0 Å². The first-order valence-electron chi connectivity index (χ1n) is 8.92. The number of carbonyl (C=O) groups is 1. The molecule has 0 saturated carbocycles. The summed E-state index contributed by atoms with van der Waals surface area (Å²) in [5.74, 6) is 0.766. The van der Waals surface area contributed by atoms with Crippen molar-refractivity contribution in [2.75, 3.05) is 5.75 Å². The van der Waals surface area contributed by atoms with Crippen LogP contribution in [0.25, 0.3) is 11.4 Å². The molecule has 0 radical (unpaired) electrons. The van der Waals surface area contributed by atoms with Crippen LogP contribution in [0.3, 0.4) is 0 Å². The van der Waals surface area contributed by atoms with E-state index in [9.17, 15) is 9.90 Å². The Morgan fingerprint density at radius 3 is 2.69 bits per heavy atom. The lowest BCUT2D eigenvalue weighted by Gasteiger charge is -2.07. The minimum atomic E-state index is -0.256. The van der Waals surface area contributed by atoms with E-state index in [1.807, 2.05) is 29.7 Å². The van der Waals surface area contributed by atoms with Crippen molar-refractivity contribution in [1.29, 1.82) is 0 Å². The number of phenols is 1. The van der Waals surface area contributed by atoms with Crippen LogP contribution >= 0.6 is 23.4 Å². The Labute approximate surface area is 177 Å². The second-order valence-corrected chi connectivity index (χ2v) is 7.51. The Kier molecular flexibility index (Phi) is 6.90. The molecule has 0 fully saturated rings. The van der Waals surface area contributed by atoms with Crippen molar-refractivity contribution in [2.45, 2.75) is 25.5 Å². The Bertz CT molecular complexity index is 1030. The molecule has 2 N–H and O–H groups in total. The summed E-state index contributed by atoms with van der Waals surface area (Å²) in [5, 5.41) is 23.4. The fourth-order valence-corrected chi connectivity index (χ4v) is 3.52. The van der Waals surface area contributed by atoms with Crippen LogP contribution in [-0.2, 0) is 11.3 Å². The number of hydrogen-bond donors (Lipinski definition) is 2. The summed E-state index contributed by atoms with van der Waals surface area (Å²) < 4.78 is 1.95. The summed E-state index contributed by atoms with van der Waals surface area (Å²) in [6.07, 6.45) is 0. The van der Waals surface area contributed by atoms with E-state index in [1.54, 1.807) is 37.3 Å². The highest BCUT2D eigenvalue weighted by Gasteiger charge is 2.14. The summed E-state index contributed by atoms with van der Waals surface area (Å²) in [6.45, 7) is 4.42. The predicted molar refractivity (Wildman–Crippen MR) is 115 cm³/mol. The third-order valence-corrected chi connectivity index (χ3v) is 5.30. The number of aromatic hydroxyl groups is 1. The number of rotatable bonds is 7. The van der Waals surface area contributed by atoms with Gasteiger partial charge in [-0.05, 0) is 50.2 Å². The van der Waals surface area contributed by atoms with Gasteiger partial charge in [0.25, 0.3) is 5.91 Å². The van der Waals surface area contributed by atoms with Crippen molar-refractivity contribution in [2.24, 2.45) is 5.10 Å². The van der Waals surface area contributed by atoms with E-state index in [0.29, 0.717) is 22.4 Å². The van der Waals surface area contributed by atoms with Gasteiger partial charge in [-0.1, -0.05) is 35.5 Å². The van der Waals surface area contributed by atoms with Gasteiger partial charge in [0.1, 0.15) is 5.75 Å². The fourth-order valence-electron chi connectivity index (χ4n) is 2.60. The number of benzene rings is 2. The van der Waals surface area contributed by atoms with E-state index < -0.39 is 0 Å². The van der Waals surface area contributed by atoms with Crippen molar-refractivity contribution in [3.63, 3.8) is 0 Å². The predicted octanol–water partition coefficient (Wildman–Crippen LogP) is 3.96. The molecule has 3 aromatic rings. The number of thioether (sulfide) groups is 1. The summed E-state index contributed by atoms with van der Waals surface area (Å²) in [6, 6.07) is 14.1. The molecule has 2 aromatic carbocycles. The number of hydrazone groups is 1. The molecule has 0 spiro atoms. The van der Waals surface area contributed by atoms with Crippen molar-refractivity contribution in [3.05, 3.63) is 59.1 Å². The Morgan fingerprint density at radius 2 is 2.00 bits per heavy atom. The molecule has 0 saturated heterocycles. The second kappa shape index (κ2) is 9.58. The summed E-state index contributed by atoms with van der Waals surface area (Å²) in [4.78, 5) is 12.2. The molecule has 1 aromatic heterocycles. The van der Waals surface area contributed by atoms with Crippen LogP contribution < -0.4 is 5.43 Å². The smallest absolute Gasteiger partial charge is 0.250 e. The number of carbonyl (C=O) groups excluding carboxylic acids is 1. The molecule has 9 heteroatoms. The lowest BCUT2D eigenvalue weighted by molar-refractivity contribution is -0.118. The monoisotopic (exact) mass is 429 g/mol. The summed E-state index contributed by atoms with van der Waals surface area (Å²) in [5.41, 5.74) is 4.77. The number of nitrogens with one attached hydrogen (secondary N) is 1. The number of amides is 1. The molecule has 0 atom stereocenters. The third kappa shape index (κ3) is 5.36. The maximum Gasteiger partial charge on any atom is 0.250 e. The first-order valence-corrected chi connectivity index (χ1v) is 10.3. The van der Waals surface area contributed by atoms with Crippen LogP contribution in [0.4, 0.5) is 0 Å². The third-order valence-electron chi connectivity index (χ3n) is 4.08. The van der Waals surface area contributed by atoms with E-state index in [-0.39, 0.29) is 17.4 Å². The molecular weight excluding hydrogens is 410 g/mol. The molecule has 1 heterocycles. The lowest BCUT2D eigenvalue weighted by Crippen LogP contribution is -2.21. The van der Waals surface area contributed by atoms with E-state index in [4.69, 9.17) is 11.6 Å². The van der Waals surface area contributed by atoms with Gasteiger partial charge < -0.3 is 9.67 Å². The molecule has 0 aliphatic heterocycles. The molecular formula is C20H20ClN5O2S. The first kappa shape index (κ1) is 20.9. The van der Waals surface area contributed by atoms with Gasteiger partial charge in [-0.15, -0.1) is 10.2 Å². The molecule has 0 bridgehead atoms. The second-order valence-electron chi connectivity index (χ2n) is 6.13. The minimum absolute atomic E-state index is 0.148. The van der Waals surface area contributed by atoms with Gasteiger partial charge in [0, 0.05) is 22.7 Å². The van der Waals surface area contributed by atoms with Gasteiger partial charge in [-0.25, -0.2) is 5.43 Å². The maximum atomic E-state index is 12.2. The van der Waals surface area contributed by atoms with Gasteiger partial charge >= 0.3 is 0 Å². The highest BCUT2D eigenvalue weighted by Crippen LogP contribution is 2.25. The summed E-state index contributed by atoms with van der Waals surface area (Å²) >= 11 is 7.24. The topological polar surface area (TPSA) is 92.4 Å². The van der Waals surface area contributed by atoms with E-state index >= 15 is 0 Å². The highest BCUT2D eigenvalue weighted by molar-refractivity contribution is 7.99. The van der Waals surface area contributed by atoms with Gasteiger partial charge in [0.2, 0.25) is 0 Å². The maximum absolute atomic E-state index is 12.2. The molecule has 3 rings (SSSR count). The average Bonchev–Trinajstić information content (AvgIpc) is 3.14. The summed E-state index contributed by atoms with van der Waals surface area (Å²) in [7, 11) is 0. The van der Waals surface area contributed by atoms with Crippen LogP contribution in [0.15, 0.2) is 58.8 Å². The normalized spacial score (nSPS) is 11.5. The Balaban J connectivity index is 1.63. The fraction of sp³-hybridized carbons (Fsp3) is 0.200. The zero-order chi connectivity index (χ0) is 20.8.